The van der Waals surface area contributed by atoms with E-state index in [1.54, 1.807) is 0 Å². The minimum absolute atomic E-state index is 0.491. The summed E-state index contributed by atoms with van der Waals surface area (Å²) in [6, 6.07) is 0. The fourth-order valence-corrected chi connectivity index (χ4v) is 2.54. The van der Waals surface area contributed by atoms with Gasteiger partial charge in [-0.3, -0.25) is 5.10 Å². The fraction of sp³-hybridized carbons (Fsp3) is 0.833. The normalized spacial score (nSPS) is 18.0. The van der Waals surface area contributed by atoms with Gasteiger partial charge in [-0.15, -0.1) is 0 Å². The van der Waals surface area contributed by atoms with Crippen molar-refractivity contribution in [3.63, 3.8) is 0 Å². The third kappa shape index (κ3) is 2.08. The van der Waals surface area contributed by atoms with E-state index in [4.69, 9.17) is 12.2 Å². The molecule has 0 saturated heterocycles. The van der Waals surface area contributed by atoms with Gasteiger partial charge in [0.2, 0.25) is 0 Å². The van der Waals surface area contributed by atoms with Crippen LogP contribution in [0.3, 0.4) is 0 Å². The molecule has 0 atom stereocenters. The summed E-state index contributed by atoms with van der Waals surface area (Å²) in [6.07, 6.45) is 4.81. The highest BCUT2D eigenvalue weighted by atomic mass is 32.1. The van der Waals surface area contributed by atoms with Gasteiger partial charge in [0.25, 0.3) is 0 Å². The summed E-state index contributed by atoms with van der Waals surface area (Å²) in [7, 11) is 0. The third-order valence-corrected chi connectivity index (χ3v) is 4.21. The van der Waals surface area contributed by atoms with Gasteiger partial charge < -0.3 is 4.57 Å². The highest BCUT2D eigenvalue weighted by Crippen LogP contribution is 2.53. The molecular formula is C12H21N3S. The third-order valence-electron chi connectivity index (χ3n) is 3.90. The zero-order chi connectivity index (χ0) is 11.8. The predicted octanol–water partition coefficient (Wildman–Crippen LogP) is 3.33. The average molecular weight is 239 g/mol. The second kappa shape index (κ2) is 4.32. The molecule has 4 heteroatoms. The van der Waals surface area contributed by atoms with Crippen molar-refractivity contribution in [3.8, 4) is 0 Å². The summed E-state index contributed by atoms with van der Waals surface area (Å²) in [4.78, 5) is 0. The number of hydrogen-bond acceptors (Lipinski definition) is 2. The average Bonchev–Trinajstić information content (AvgIpc) is 2.95. The number of aromatic amines is 1. The van der Waals surface area contributed by atoms with Crippen LogP contribution in [0, 0.1) is 16.1 Å². The summed E-state index contributed by atoms with van der Waals surface area (Å²) in [5.41, 5.74) is 0.491. The highest BCUT2D eigenvalue weighted by molar-refractivity contribution is 7.71. The fourth-order valence-electron chi connectivity index (χ4n) is 2.32. The number of aromatic nitrogens is 3. The Hall–Kier alpha value is -0.640. The first kappa shape index (κ1) is 11.8. The molecule has 2 rings (SSSR count). The molecule has 1 aliphatic rings. The minimum atomic E-state index is 0.491. The van der Waals surface area contributed by atoms with E-state index in [2.05, 4.69) is 35.5 Å². The molecule has 1 aromatic heterocycles. The molecule has 0 unspecified atom stereocenters. The standard InChI is InChI=1S/C12H21N3S/c1-4-5-10-13-14-11(16)15(10)8-12(6-7-12)9(2)3/h9H,4-8H2,1-3H3,(H,14,16). The van der Waals surface area contributed by atoms with Crippen LogP contribution in [0.2, 0.25) is 0 Å². The van der Waals surface area contributed by atoms with Crippen LogP contribution < -0.4 is 0 Å². The van der Waals surface area contributed by atoms with Crippen molar-refractivity contribution < 1.29 is 0 Å². The van der Waals surface area contributed by atoms with Crippen molar-refractivity contribution in [2.45, 2.75) is 53.0 Å². The Labute approximate surface area is 102 Å². The maximum absolute atomic E-state index is 5.31. The second-order valence-corrected chi connectivity index (χ2v) is 5.68. The molecule has 90 valence electrons. The van der Waals surface area contributed by atoms with Gasteiger partial charge in [0.05, 0.1) is 0 Å². The zero-order valence-electron chi connectivity index (χ0n) is 10.4. The first-order valence-electron chi connectivity index (χ1n) is 6.23. The number of aryl methyl sites for hydroxylation is 1. The lowest BCUT2D eigenvalue weighted by molar-refractivity contribution is 0.303. The van der Waals surface area contributed by atoms with E-state index in [0.717, 1.165) is 35.9 Å². The minimum Gasteiger partial charge on any atom is -0.304 e. The van der Waals surface area contributed by atoms with Gasteiger partial charge in [-0.2, -0.15) is 5.10 Å². The molecule has 0 aromatic carbocycles. The lowest BCUT2D eigenvalue weighted by Crippen LogP contribution is -2.19. The molecule has 1 saturated carbocycles. The molecule has 1 fully saturated rings. The van der Waals surface area contributed by atoms with Crippen LogP contribution in [0.4, 0.5) is 0 Å². The van der Waals surface area contributed by atoms with Crippen molar-refractivity contribution >= 4 is 12.2 Å². The summed E-state index contributed by atoms with van der Waals surface area (Å²) in [6.45, 7) is 7.86. The number of nitrogens with zero attached hydrogens (tertiary/aromatic N) is 2. The lowest BCUT2D eigenvalue weighted by Gasteiger charge is -2.20. The molecule has 0 spiro atoms. The van der Waals surface area contributed by atoms with Crippen molar-refractivity contribution in [1.29, 1.82) is 0 Å². The van der Waals surface area contributed by atoms with E-state index < -0.39 is 0 Å². The molecule has 16 heavy (non-hydrogen) atoms. The van der Waals surface area contributed by atoms with Crippen LogP contribution in [0.15, 0.2) is 0 Å². The van der Waals surface area contributed by atoms with Crippen LogP contribution in [0.5, 0.6) is 0 Å². The van der Waals surface area contributed by atoms with Crippen LogP contribution in [0.25, 0.3) is 0 Å². The lowest BCUT2D eigenvalue weighted by atomic mass is 9.92. The van der Waals surface area contributed by atoms with Gasteiger partial charge in [-0.1, -0.05) is 20.8 Å². The maximum Gasteiger partial charge on any atom is 0.195 e. The van der Waals surface area contributed by atoms with Crippen LogP contribution in [-0.2, 0) is 13.0 Å². The number of hydrogen-bond donors (Lipinski definition) is 1. The number of nitrogens with one attached hydrogen (secondary N) is 1. The first-order valence-corrected chi connectivity index (χ1v) is 6.64. The van der Waals surface area contributed by atoms with Crippen molar-refractivity contribution in [2.75, 3.05) is 0 Å². The highest BCUT2D eigenvalue weighted by Gasteiger charge is 2.45. The molecular weight excluding hydrogens is 218 g/mol. The first-order chi connectivity index (χ1) is 7.59. The Bertz CT molecular complexity index is 412. The molecule has 1 aromatic rings. The van der Waals surface area contributed by atoms with Gasteiger partial charge in [0.1, 0.15) is 5.82 Å². The van der Waals surface area contributed by atoms with Gasteiger partial charge in [0, 0.05) is 13.0 Å². The van der Waals surface area contributed by atoms with E-state index >= 15 is 0 Å². The van der Waals surface area contributed by atoms with Gasteiger partial charge >= 0.3 is 0 Å². The smallest absolute Gasteiger partial charge is 0.195 e. The molecule has 0 amide bonds. The summed E-state index contributed by atoms with van der Waals surface area (Å²) >= 11 is 5.31. The Morgan fingerprint density at radius 2 is 2.19 bits per heavy atom. The maximum atomic E-state index is 5.31. The van der Waals surface area contributed by atoms with Crippen molar-refractivity contribution in [2.24, 2.45) is 11.3 Å². The molecule has 3 nitrogen and oxygen atoms in total. The zero-order valence-corrected chi connectivity index (χ0v) is 11.2. The molecule has 0 bridgehead atoms. The van der Waals surface area contributed by atoms with Crippen LogP contribution in [-0.4, -0.2) is 14.8 Å². The molecule has 0 aliphatic heterocycles. The van der Waals surface area contributed by atoms with Crippen molar-refractivity contribution in [1.82, 2.24) is 14.8 Å². The second-order valence-electron chi connectivity index (χ2n) is 5.30. The quantitative estimate of drug-likeness (QED) is 0.800. The Morgan fingerprint density at radius 1 is 1.50 bits per heavy atom. The largest absolute Gasteiger partial charge is 0.304 e. The number of H-pyrrole nitrogens is 1. The monoisotopic (exact) mass is 239 g/mol. The van der Waals surface area contributed by atoms with Gasteiger partial charge in [0.15, 0.2) is 4.77 Å². The van der Waals surface area contributed by atoms with Crippen LogP contribution in [0.1, 0.15) is 45.9 Å². The van der Waals surface area contributed by atoms with E-state index in [0.29, 0.717) is 5.41 Å². The van der Waals surface area contributed by atoms with E-state index in [-0.39, 0.29) is 0 Å². The summed E-state index contributed by atoms with van der Waals surface area (Å²) < 4.78 is 3.00. The Morgan fingerprint density at radius 3 is 2.69 bits per heavy atom. The molecule has 1 N–H and O–H groups in total. The Balaban J connectivity index is 2.20. The van der Waals surface area contributed by atoms with Crippen LogP contribution >= 0.6 is 12.2 Å². The summed E-state index contributed by atoms with van der Waals surface area (Å²) in [5, 5.41) is 7.25. The topological polar surface area (TPSA) is 33.6 Å². The predicted molar refractivity (Wildman–Crippen MR) is 67.9 cm³/mol. The van der Waals surface area contributed by atoms with E-state index in [1.807, 2.05) is 0 Å². The van der Waals surface area contributed by atoms with Gasteiger partial charge in [-0.25, -0.2) is 0 Å². The van der Waals surface area contributed by atoms with E-state index in [9.17, 15) is 0 Å². The Kier molecular flexibility index (Phi) is 3.19. The molecule has 0 radical (unpaired) electrons. The van der Waals surface area contributed by atoms with E-state index in [1.165, 1.54) is 12.8 Å². The number of rotatable bonds is 5. The summed E-state index contributed by atoms with van der Waals surface area (Å²) in [5.74, 6) is 1.86. The van der Waals surface area contributed by atoms with Crippen molar-refractivity contribution in [3.05, 3.63) is 10.6 Å². The molecule has 1 aliphatic carbocycles. The SMILES string of the molecule is CCCc1n[nH]c(=S)n1CC1(C(C)C)CC1. The molecule has 1 heterocycles. The van der Waals surface area contributed by atoms with Gasteiger partial charge in [-0.05, 0) is 42.8 Å².